The number of pyridine rings is 1. The molecule has 7 heteroatoms. The summed E-state index contributed by atoms with van der Waals surface area (Å²) >= 11 is 0. The molecule has 2 N–H and O–H groups in total. The van der Waals surface area contributed by atoms with Gasteiger partial charge in [-0.05, 0) is 26.0 Å². The number of fused-ring (bicyclic) bond motifs is 1. The van der Waals surface area contributed by atoms with E-state index in [0.717, 1.165) is 22.3 Å². The van der Waals surface area contributed by atoms with Gasteiger partial charge < -0.3 is 24.1 Å². The first-order valence-electron chi connectivity index (χ1n) is 7.34. The lowest BCUT2D eigenvalue weighted by Gasteiger charge is -2.08. The number of nitrogens with one attached hydrogen (secondary N) is 1. The van der Waals surface area contributed by atoms with Crippen molar-refractivity contribution in [2.24, 2.45) is 0 Å². The molecule has 0 spiro atoms. The Morgan fingerprint density at radius 3 is 2.78 bits per heavy atom. The lowest BCUT2D eigenvalue weighted by Crippen LogP contribution is -2.09. The molecule has 0 bridgehead atoms. The van der Waals surface area contributed by atoms with E-state index in [0.29, 0.717) is 36.1 Å². The van der Waals surface area contributed by atoms with E-state index in [1.165, 1.54) is 0 Å². The van der Waals surface area contributed by atoms with E-state index in [9.17, 15) is 5.11 Å². The maximum atomic E-state index is 9.31. The van der Waals surface area contributed by atoms with Gasteiger partial charge in [0.2, 0.25) is 0 Å². The van der Waals surface area contributed by atoms with Crippen molar-refractivity contribution in [3.8, 4) is 11.3 Å². The molecule has 3 aromatic rings. The largest absolute Gasteiger partial charge is 0.455 e. The Hall–Kier alpha value is -2.38. The van der Waals surface area contributed by atoms with Gasteiger partial charge in [-0.2, -0.15) is 0 Å². The maximum absolute atomic E-state index is 9.31. The lowest BCUT2D eigenvalue weighted by atomic mass is 10.1. The number of rotatable bonds is 6. The van der Waals surface area contributed by atoms with Gasteiger partial charge >= 0.3 is 0 Å². The topological polar surface area (TPSA) is 93.5 Å². The molecule has 0 amide bonds. The van der Waals surface area contributed by atoms with Crippen LogP contribution in [0.1, 0.15) is 17.2 Å². The zero-order valence-corrected chi connectivity index (χ0v) is 13.3. The Balaban J connectivity index is 2.12. The Morgan fingerprint density at radius 2 is 2.13 bits per heavy atom. The summed E-state index contributed by atoms with van der Waals surface area (Å²) in [5, 5.41) is 17.4. The summed E-state index contributed by atoms with van der Waals surface area (Å²) in [6.07, 6.45) is 0. The van der Waals surface area contributed by atoms with Gasteiger partial charge in [0.15, 0.2) is 11.4 Å². The smallest absolute Gasteiger partial charge is 0.176 e. The predicted molar refractivity (Wildman–Crippen MR) is 85.3 cm³/mol. The third-order valence-corrected chi connectivity index (χ3v) is 3.60. The van der Waals surface area contributed by atoms with E-state index >= 15 is 0 Å². The minimum absolute atomic E-state index is 0.160. The summed E-state index contributed by atoms with van der Waals surface area (Å²) in [7, 11) is 1.64. The number of aliphatic hydroxyl groups excluding tert-OH is 1. The number of aryl methyl sites for hydroxylation is 2. The number of aromatic nitrogens is 2. The van der Waals surface area contributed by atoms with Crippen LogP contribution in [0, 0.1) is 13.8 Å². The molecule has 122 valence electrons. The Kier molecular flexibility index (Phi) is 4.31. The number of methoxy groups -OCH3 is 1. The van der Waals surface area contributed by atoms with Crippen LogP contribution in [-0.4, -0.2) is 35.5 Å². The van der Waals surface area contributed by atoms with Crippen molar-refractivity contribution >= 4 is 16.8 Å². The number of anilines is 1. The van der Waals surface area contributed by atoms with Crippen LogP contribution < -0.4 is 5.32 Å². The van der Waals surface area contributed by atoms with Crippen LogP contribution in [-0.2, 0) is 11.3 Å². The van der Waals surface area contributed by atoms with E-state index in [1.807, 2.05) is 19.9 Å². The number of aliphatic hydroxyl groups is 1. The van der Waals surface area contributed by atoms with Crippen LogP contribution in [0.25, 0.3) is 22.2 Å². The number of nitrogens with zero attached hydrogens (tertiary/aromatic N) is 2. The summed E-state index contributed by atoms with van der Waals surface area (Å²) in [6.45, 7) is 4.72. The molecular formula is C16H19N3O4. The number of ether oxygens (including phenoxy) is 1. The highest BCUT2D eigenvalue weighted by molar-refractivity contribution is 5.91. The summed E-state index contributed by atoms with van der Waals surface area (Å²) in [6, 6.07) is 3.71. The quantitative estimate of drug-likeness (QED) is 0.675. The fourth-order valence-corrected chi connectivity index (χ4v) is 2.55. The molecule has 0 aliphatic carbocycles. The highest BCUT2D eigenvalue weighted by Gasteiger charge is 2.17. The minimum Gasteiger partial charge on any atom is -0.455 e. The van der Waals surface area contributed by atoms with Crippen molar-refractivity contribution < 1.29 is 18.8 Å². The second kappa shape index (κ2) is 6.39. The minimum atomic E-state index is -0.160. The van der Waals surface area contributed by atoms with Crippen molar-refractivity contribution in [3.63, 3.8) is 0 Å². The van der Waals surface area contributed by atoms with Crippen LogP contribution in [0.3, 0.4) is 0 Å². The summed E-state index contributed by atoms with van der Waals surface area (Å²) in [5.41, 5.74) is 3.01. The zero-order valence-electron chi connectivity index (χ0n) is 13.3. The molecule has 0 unspecified atom stereocenters. The van der Waals surface area contributed by atoms with Crippen molar-refractivity contribution in [1.82, 2.24) is 10.1 Å². The summed E-state index contributed by atoms with van der Waals surface area (Å²) in [5.74, 6) is 1.81. The number of furan rings is 1. The molecule has 0 aromatic carbocycles. The fourth-order valence-electron chi connectivity index (χ4n) is 2.55. The van der Waals surface area contributed by atoms with Gasteiger partial charge in [-0.1, -0.05) is 5.16 Å². The third kappa shape index (κ3) is 2.93. The molecule has 0 aliphatic heterocycles. The van der Waals surface area contributed by atoms with Crippen LogP contribution in [0.5, 0.6) is 0 Å². The van der Waals surface area contributed by atoms with E-state index in [1.54, 1.807) is 13.2 Å². The van der Waals surface area contributed by atoms with Gasteiger partial charge in [0.25, 0.3) is 0 Å². The highest BCUT2D eigenvalue weighted by Crippen LogP contribution is 2.33. The standard InChI is InChI=1S/C16H19N3O4/c1-9-14(10(2)23-19-9)13-7-11-6-12(8-20)22-15(11)16(18-13)17-4-5-21-3/h6-7,20H,4-5,8H2,1-3H3,(H,17,18). The maximum Gasteiger partial charge on any atom is 0.176 e. The average Bonchev–Trinajstić information content (AvgIpc) is 3.10. The highest BCUT2D eigenvalue weighted by atomic mass is 16.5. The van der Waals surface area contributed by atoms with Crippen LogP contribution in [0.2, 0.25) is 0 Å². The number of hydrogen-bond donors (Lipinski definition) is 2. The van der Waals surface area contributed by atoms with Crippen molar-refractivity contribution in [2.75, 3.05) is 25.6 Å². The SMILES string of the molecule is COCCNc1nc(-c2c(C)noc2C)cc2cc(CO)oc12. The van der Waals surface area contributed by atoms with Gasteiger partial charge in [0, 0.05) is 19.0 Å². The Morgan fingerprint density at radius 1 is 1.30 bits per heavy atom. The van der Waals surface area contributed by atoms with Crippen LogP contribution >= 0.6 is 0 Å². The number of hydrogen-bond acceptors (Lipinski definition) is 7. The molecule has 3 rings (SSSR count). The predicted octanol–water partition coefficient (Wildman–Crippen LogP) is 2.65. The summed E-state index contributed by atoms with van der Waals surface area (Å²) < 4.78 is 15.9. The molecule has 0 atom stereocenters. The third-order valence-electron chi connectivity index (χ3n) is 3.60. The van der Waals surface area contributed by atoms with Gasteiger partial charge in [-0.15, -0.1) is 0 Å². The fraction of sp³-hybridized carbons (Fsp3) is 0.375. The molecule has 7 nitrogen and oxygen atoms in total. The van der Waals surface area contributed by atoms with Gasteiger partial charge in [0.05, 0.1) is 23.6 Å². The van der Waals surface area contributed by atoms with Gasteiger partial charge in [-0.3, -0.25) is 0 Å². The van der Waals surface area contributed by atoms with Crippen molar-refractivity contribution in [2.45, 2.75) is 20.5 Å². The molecule has 0 aliphatic rings. The van der Waals surface area contributed by atoms with E-state index in [2.05, 4.69) is 15.5 Å². The van der Waals surface area contributed by atoms with E-state index < -0.39 is 0 Å². The molecule has 0 saturated carbocycles. The molecule has 0 radical (unpaired) electrons. The van der Waals surface area contributed by atoms with Gasteiger partial charge in [0.1, 0.15) is 18.1 Å². The zero-order chi connectivity index (χ0) is 16.4. The Labute approximate surface area is 133 Å². The van der Waals surface area contributed by atoms with Crippen LogP contribution in [0.15, 0.2) is 21.1 Å². The first kappa shape index (κ1) is 15.5. The first-order chi connectivity index (χ1) is 11.1. The molecular weight excluding hydrogens is 298 g/mol. The molecule has 23 heavy (non-hydrogen) atoms. The molecule has 0 saturated heterocycles. The van der Waals surface area contributed by atoms with Gasteiger partial charge in [-0.25, -0.2) is 4.98 Å². The molecule has 3 aromatic heterocycles. The average molecular weight is 317 g/mol. The van der Waals surface area contributed by atoms with Crippen LogP contribution in [0.4, 0.5) is 5.82 Å². The summed E-state index contributed by atoms with van der Waals surface area (Å²) in [4.78, 5) is 4.64. The lowest BCUT2D eigenvalue weighted by molar-refractivity contribution is 0.210. The first-order valence-corrected chi connectivity index (χ1v) is 7.34. The molecule has 3 heterocycles. The van der Waals surface area contributed by atoms with E-state index in [4.69, 9.17) is 13.7 Å². The van der Waals surface area contributed by atoms with E-state index in [-0.39, 0.29) is 6.61 Å². The second-order valence-electron chi connectivity index (χ2n) is 5.26. The monoisotopic (exact) mass is 317 g/mol. The molecule has 0 fully saturated rings. The second-order valence-corrected chi connectivity index (χ2v) is 5.26. The van der Waals surface area contributed by atoms with Crippen molar-refractivity contribution in [3.05, 3.63) is 29.3 Å². The normalized spacial score (nSPS) is 11.3. The van der Waals surface area contributed by atoms with Crippen molar-refractivity contribution in [1.29, 1.82) is 0 Å². The Bertz CT molecular complexity index is 803.